The van der Waals surface area contributed by atoms with Crippen molar-refractivity contribution in [1.29, 1.82) is 0 Å². The third-order valence-corrected chi connectivity index (χ3v) is 3.25. The number of pyridine rings is 2. The van der Waals surface area contributed by atoms with E-state index < -0.39 is 0 Å². The molecule has 0 unspecified atom stereocenters. The van der Waals surface area contributed by atoms with Crippen molar-refractivity contribution in [3.63, 3.8) is 0 Å². The topological polar surface area (TPSA) is 72.3 Å². The van der Waals surface area contributed by atoms with Gasteiger partial charge in [0.15, 0.2) is 5.65 Å². The molecule has 0 bridgehead atoms. The first-order chi connectivity index (χ1) is 9.74. The van der Waals surface area contributed by atoms with Gasteiger partial charge in [-0.15, -0.1) is 5.10 Å². The minimum absolute atomic E-state index is 0.292. The van der Waals surface area contributed by atoms with Crippen LogP contribution in [0.3, 0.4) is 0 Å². The fourth-order valence-corrected chi connectivity index (χ4v) is 2.17. The Morgan fingerprint density at radius 2 is 2.05 bits per heavy atom. The minimum atomic E-state index is 0.292. The Hall–Kier alpha value is -2.63. The maximum atomic E-state index is 5.66. The van der Waals surface area contributed by atoms with E-state index in [-0.39, 0.29) is 0 Å². The van der Waals surface area contributed by atoms with E-state index in [9.17, 15) is 0 Å². The molecule has 6 nitrogen and oxygen atoms in total. The molecule has 0 aliphatic heterocycles. The van der Waals surface area contributed by atoms with E-state index >= 15 is 0 Å². The van der Waals surface area contributed by atoms with Crippen molar-refractivity contribution >= 4 is 17.3 Å². The first kappa shape index (κ1) is 12.4. The average molecular weight is 268 g/mol. The normalized spacial score (nSPS) is 10.8. The number of anilines is 2. The summed E-state index contributed by atoms with van der Waals surface area (Å²) in [4.78, 5) is 10.4. The molecule has 6 heteroatoms. The van der Waals surface area contributed by atoms with Crippen LogP contribution in [0.1, 0.15) is 5.56 Å². The molecule has 0 amide bonds. The Morgan fingerprint density at radius 3 is 2.85 bits per heavy atom. The molecular weight excluding hydrogens is 252 g/mol. The molecule has 102 valence electrons. The van der Waals surface area contributed by atoms with Crippen LogP contribution in [0.4, 0.5) is 11.6 Å². The van der Waals surface area contributed by atoms with Crippen LogP contribution in [0, 0.1) is 0 Å². The second-order valence-corrected chi connectivity index (χ2v) is 4.66. The van der Waals surface area contributed by atoms with Gasteiger partial charge in [-0.25, -0.2) is 4.52 Å². The maximum absolute atomic E-state index is 5.66. The average Bonchev–Trinajstić information content (AvgIpc) is 2.85. The summed E-state index contributed by atoms with van der Waals surface area (Å²) in [5, 5.41) is 4.12. The summed E-state index contributed by atoms with van der Waals surface area (Å²) < 4.78 is 1.70. The summed E-state index contributed by atoms with van der Waals surface area (Å²) in [5.41, 5.74) is 8.72. The predicted octanol–water partition coefficient (Wildman–Crippen LogP) is 1.39. The number of rotatable bonds is 4. The molecule has 0 aromatic carbocycles. The van der Waals surface area contributed by atoms with E-state index in [1.807, 2.05) is 49.9 Å². The molecule has 20 heavy (non-hydrogen) atoms. The van der Waals surface area contributed by atoms with Gasteiger partial charge < -0.3 is 10.6 Å². The Morgan fingerprint density at radius 1 is 1.25 bits per heavy atom. The second kappa shape index (κ2) is 5.16. The zero-order valence-corrected chi connectivity index (χ0v) is 11.3. The van der Waals surface area contributed by atoms with Gasteiger partial charge in [0, 0.05) is 32.2 Å². The number of nitrogen functional groups attached to an aromatic ring is 1. The van der Waals surface area contributed by atoms with Crippen molar-refractivity contribution < 1.29 is 0 Å². The van der Waals surface area contributed by atoms with Gasteiger partial charge in [-0.3, -0.25) is 4.98 Å². The highest BCUT2D eigenvalue weighted by atomic mass is 15.3. The van der Waals surface area contributed by atoms with Gasteiger partial charge >= 0.3 is 0 Å². The molecule has 0 atom stereocenters. The molecule has 3 heterocycles. The van der Waals surface area contributed by atoms with Gasteiger partial charge in [-0.1, -0.05) is 0 Å². The largest absolute Gasteiger partial charge is 0.371 e. The summed E-state index contributed by atoms with van der Waals surface area (Å²) in [7, 11) is 2.04. The van der Waals surface area contributed by atoms with Crippen molar-refractivity contribution in [2.75, 3.05) is 24.2 Å². The number of hydrogen-bond donors (Lipinski definition) is 1. The highest BCUT2D eigenvalue weighted by molar-refractivity contribution is 5.69. The summed E-state index contributed by atoms with van der Waals surface area (Å²) in [5.74, 6) is 0.292. The van der Waals surface area contributed by atoms with E-state index in [2.05, 4.69) is 20.0 Å². The van der Waals surface area contributed by atoms with Crippen LogP contribution in [-0.2, 0) is 6.42 Å². The molecule has 0 aliphatic rings. The minimum Gasteiger partial charge on any atom is -0.371 e. The molecule has 3 aromatic heterocycles. The van der Waals surface area contributed by atoms with Crippen molar-refractivity contribution in [3.8, 4) is 0 Å². The number of fused-ring (bicyclic) bond motifs is 1. The standard InChI is InChI=1S/C14H16N6/c1-19(10-6-11-4-7-16-8-5-11)12-3-2-9-20-13(12)17-14(15)18-20/h2-5,7-9H,6,10H2,1H3,(H2,15,18). The fraction of sp³-hybridized carbons (Fsp3) is 0.214. The number of nitrogens with zero attached hydrogens (tertiary/aromatic N) is 5. The molecule has 0 saturated carbocycles. The monoisotopic (exact) mass is 268 g/mol. The van der Waals surface area contributed by atoms with E-state index in [1.165, 1.54) is 5.56 Å². The van der Waals surface area contributed by atoms with Crippen LogP contribution in [-0.4, -0.2) is 33.2 Å². The lowest BCUT2D eigenvalue weighted by Crippen LogP contribution is -2.21. The van der Waals surface area contributed by atoms with Crippen molar-refractivity contribution in [2.24, 2.45) is 0 Å². The van der Waals surface area contributed by atoms with Crippen LogP contribution in [0.25, 0.3) is 5.65 Å². The third-order valence-electron chi connectivity index (χ3n) is 3.25. The molecule has 0 spiro atoms. The van der Waals surface area contributed by atoms with Crippen LogP contribution in [0.2, 0.25) is 0 Å². The van der Waals surface area contributed by atoms with Crippen LogP contribution in [0.15, 0.2) is 42.9 Å². The lowest BCUT2D eigenvalue weighted by atomic mass is 10.2. The number of aromatic nitrogens is 4. The Bertz CT molecular complexity index is 706. The Balaban J connectivity index is 1.80. The molecule has 0 saturated heterocycles. The summed E-state index contributed by atoms with van der Waals surface area (Å²) in [6.07, 6.45) is 6.42. The summed E-state index contributed by atoms with van der Waals surface area (Å²) >= 11 is 0. The first-order valence-corrected chi connectivity index (χ1v) is 6.45. The van der Waals surface area contributed by atoms with Gasteiger partial charge in [0.1, 0.15) is 0 Å². The SMILES string of the molecule is CN(CCc1ccncc1)c1cccn2nc(N)nc12. The highest BCUT2D eigenvalue weighted by Crippen LogP contribution is 2.19. The van der Waals surface area contributed by atoms with Crippen LogP contribution in [0.5, 0.6) is 0 Å². The molecule has 0 radical (unpaired) electrons. The van der Waals surface area contributed by atoms with Gasteiger partial charge in [-0.05, 0) is 36.2 Å². The smallest absolute Gasteiger partial charge is 0.240 e. The third kappa shape index (κ3) is 2.40. The van der Waals surface area contributed by atoms with E-state index in [4.69, 9.17) is 5.73 Å². The molecule has 3 rings (SSSR count). The fourth-order valence-electron chi connectivity index (χ4n) is 2.17. The van der Waals surface area contributed by atoms with Crippen LogP contribution >= 0.6 is 0 Å². The zero-order valence-electron chi connectivity index (χ0n) is 11.3. The van der Waals surface area contributed by atoms with Gasteiger partial charge in [-0.2, -0.15) is 4.98 Å². The number of likely N-dealkylation sites (N-methyl/N-ethyl adjacent to an activating group) is 1. The lowest BCUT2D eigenvalue weighted by Gasteiger charge is -2.19. The number of hydrogen-bond acceptors (Lipinski definition) is 5. The maximum Gasteiger partial charge on any atom is 0.240 e. The molecule has 0 fully saturated rings. The van der Waals surface area contributed by atoms with E-state index in [1.54, 1.807) is 4.52 Å². The highest BCUT2D eigenvalue weighted by Gasteiger charge is 2.09. The van der Waals surface area contributed by atoms with E-state index in [0.29, 0.717) is 5.95 Å². The predicted molar refractivity (Wildman–Crippen MR) is 78.6 cm³/mol. The molecule has 3 aromatic rings. The molecule has 0 aliphatic carbocycles. The van der Waals surface area contributed by atoms with E-state index in [0.717, 1.165) is 24.3 Å². The molecule has 2 N–H and O–H groups in total. The summed E-state index contributed by atoms with van der Waals surface area (Å²) in [6.45, 7) is 0.885. The Labute approximate surface area is 116 Å². The Kier molecular flexibility index (Phi) is 3.20. The van der Waals surface area contributed by atoms with Crippen molar-refractivity contribution in [1.82, 2.24) is 19.6 Å². The van der Waals surface area contributed by atoms with Gasteiger partial charge in [0.25, 0.3) is 0 Å². The van der Waals surface area contributed by atoms with Crippen LogP contribution < -0.4 is 10.6 Å². The zero-order chi connectivity index (χ0) is 13.9. The molecular formula is C14H16N6. The van der Waals surface area contributed by atoms with Crippen molar-refractivity contribution in [3.05, 3.63) is 48.4 Å². The summed E-state index contributed by atoms with van der Waals surface area (Å²) in [6, 6.07) is 8.03. The first-order valence-electron chi connectivity index (χ1n) is 6.45. The second-order valence-electron chi connectivity index (χ2n) is 4.66. The number of nitrogens with two attached hydrogens (primary N) is 1. The quantitative estimate of drug-likeness (QED) is 0.774. The van der Waals surface area contributed by atoms with Gasteiger partial charge in [0.2, 0.25) is 5.95 Å². The van der Waals surface area contributed by atoms with Crippen molar-refractivity contribution in [2.45, 2.75) is 6.42 Å². The van der Waals surface area contributed by atoms with Gasteiger partial charge in [0.05, 0.1) is 5.69 Å². The lowest BCUT2D eigenvalue weighted by molar-refractivity contribution is 0.868.